The molecule has 0 aliphatic carbocycles. The zero-order valence-electron chi connectivity index (χ0n) is 19.3. The Morgan fingerprint density at radius 3 is 2.25 bits per heavy atom. The molecule has 3 aliphatic heterocycles. The van der Waals surface area contributed by atoms with Gasteiger partial charge >= 0.3 is 6.09 Å². The van der Waals surface area contributed by atoms with Gasteiger partial charge in [-0.15, -0.1) is 0 Å². The van der Waals surface area contributed by atoms with Gasteiger partial charge in [0.1, 0.15) is 0 Å². The Labute approximate surface area is 192 Å². The number of amides is 2. The van der Waals surface area contributed by atoms with E-state index in [1.807, 2.05) is 0 Å². The number of carbonyl (C=O) groups is 2. The summed E-state index contributed by atoms with van der Waals surface area (Å²) in [6, 6.07) is 0. The first-order valence-electron chi connectivity index (χ1n) is 12.1. The Kier molecular flexibility index (Phi) is 9.57. The Bertz CT molecular complexity index is 718. The van der Waals surface area contributed by atoms with Crippen molar-refractivity contribution in [3.8, 4) is 0 Å². The second-order valence-corrected chi connectivity index (χ2v) is 10.8. The number of rotatable bonds is 7. The summed E-state index contributed by atoms with van der Waals surface area (Å²) in [7, 11) is -3.65. The molecule has 184 valence electrons. The van der Waals surface area contributed by atoms with Gasteiger partial charge in [-0.3, -0.25) is 4.79 Å². The van der Waals surface area contributed by atoms with E-state index in [0.29, 0.717) is 45.6 Å². The third-order valence-electron chi connectivity index (χ3n) is 6.60. The molecular formula is C21H39N5O5S. The summed E-state index contributed by atoms with van der Waals surface area (Å²) < 4.78 is 34.1. The maximum Gasteiger partial charge on any atom is 0.409 e. The van der Waals surface area contributed by atoms with Crippen LogP contribution in [0.5, 0.6) is 0 Å². The summed E-state index contributed by atoms with van der Waals surface area (Å²) in [4.78, 5) is 28.5. The number of carbonyl (C=O) groups excluding carboxylic acids is 2. The number of piperidine rings is 1. The van der Waals surface area contributed by atoms with Crippen molar-refractivity contribution in [1.29, 1.82) is 0 Å². The second kappa shape index (κ2) is 12.2. The number of hydrogen-bond donors (Lipinski definition) is 1. The summed E-state index contributed by atoms with van der Waals surface area (Å²) in [6.07, 6.45) is 5.99. The molecule has 11 heteroatoms. The van der Waals surface area contributed by atoms with Crippen molar-refractivity contribution >= 4 is 22.2 Å². The third-order valence-corrected chi connectivity index (χ3v) is 8.60. The second-order valence-electron chi connectivity index (χ2n) is 8.84. The molecular weight excluding hydrogens is 434 g/mol. The third kappa shape index (κ3) is 6.79. The summed E-state index contributed by atoms with van der Waals surface area (Å²) in [5.74, 6) is -0.365. The van der Waals surface area contributed by atoms with E-state index in [9.17, 15) is 18.0 Å². The van der Waals surface area contributed by atoms with E-state index in [-0.39, 0.29) is 31.5 Å². The van der Waals surface area contributed by atoms with Gasteiger partial charge in [-0.25, -0.2) is 4.79 Å². The lowest BCUT2D eigenvalue weighted by atomic mass is 9.99. The number of hydrogen-bond acceptors (Lipinski definition) is 6. The summed E-state index contributed by atoms with van der Waals surface area (Å²) in [5.41, 5.74) is 0. The zero-order valence-corrected chi connectivity index (χ0v) is 20.2. The smallest absolute Gasteiger partial charge is 0.409 e. The normalized spacial score (nSPS) is 24.7. The fourth-order valence-electron chi connectivity index (χ4n) is 4.69. The van der Waals surface area contributed by atoms with Crippen molar-refractivity contribution in [2.75, 3.05) is 72.1 Å². The Morgan fingerprint density at radius 1 is 0.906 bits per heavy atom. The van der Waals surface area contributed by atoms with Gasteiger partial charge in [-0.1, -0.05) is 12.8 Å². The van der Waals surface area contributed by atoms with E-state index in [0.717, 1.165) is 19.6 Å². The van der Waals surface area contributed by atoms with Gasteiger partial charge in [0.25, 0.3) is 10.2 Å². The highest BCUT2D eigenvalue weighted by atomic mass is 32.2. The van der Waals surface area contributed by atoms with Crippen LogP contribution in [0.15, 0.2) is 0 Å². The van der Waals surface area contributed by atoms with Crippen molar-refractivity contribution in [3.05, 3.63) is 0 Å². The quantitative estimate of drug-likeness (QED) is 0.584. The maximum absolute atomic E-state index is 13.1. The lowest BCUT2D eigenvalue weighted by Gasteiger charge is -2.38. The average Bonchev–Trinajstić information content (AvgIpc) is 3.08. The predicted octanol–water partition coefficient (Wildman–Crippen LogP) is 0.710. The van der Waals surface area contributed by atoms with Crippen LogP contribution in [0.4, 0.5) is 4.79 Å². The Hall–Kier alpha value is -1.43. The minimum absolute atomic E-state index is 0.0492. The van der Waals surface area contributed by atoms with Crippen LogP contribution in [-0.4, -0.2) is 111 Å². The fraction of sp³-hybridized carbons (Fsp3) is 0.905. The molecule has 2 amide bonds. The highest BCUT2D eigenvalue weighted by Gasteiger charge is 2.37. The average molecular weight is 474 g/mol. The summed E-state index contributed by atoms with van der Waals surface area (Å²) in [6.45, 7) is 7.44. The van der Waals surface area contributed by atoms with Crippen molar-refractivity contribution in [2.24, 2.45) is 5.92 Å². The van der Waals surface area contributed by atoms with Gasteiger partial charge < -0.3 is 19.9 Å². The van der Waals surface area contributed by atoms with Crippen LogP contribution in [0.1, 0.15) is 45.4 Å². The molecule has 3 heterocycles. The van der Waals surface area contributed by atoms with Gasteiger partial charge in [-0.05, 0) is 45.7 Å². The molecule has 0 spiro atoms. The van der Waals surface area contributed by atoms with E-state index >= 15 is 0 Å². The molecule has 10 nitrogen and oxygen atoms in total. The Balaban J connectivity index is 1.45. The lowest BCUT2D eigenvalue weighted by molar-refractivity contribution is -0.126. The van der Waals surface area contributed by atoms with Gasteiger partial charge in [0.2, 0.25) is 5.91 Å². The molecule has 0 saturated carbocycles. The first-order valence-corrected chi connectivity index (χ1v) is 13.5. The number of nitrogens with one attached hydrogen (secondary N) is 1. The fourth-order valence-corrected chi connectivity index (χ4v) is 6.37. The molecule has 0 aromatic carbocycles. The zero-order chi connectivity index (χ0) is 23.0. The van der Waals surface area contributed by atoms with Gasteiger partial charge in [0, 0.05) is 52.4 Å². The van der Waals surface area contributed by atoms with Gasteiger partial charge in [0.15, 0.2) is 0 Å². The van der Waals surface area contributed by atoms with Crippen molar-refractivity contribution in [1.82, 2.24) is 23.7 Å². The first kappa shape index (κ1) is 25.2. The SMILES string of the molecule is CCOC(=O)N1CCN(S(=O)(=O)N2CCCC(C(=O)NCCN3CCCCCC3)C2)CC1. The van der Waals surface area contributed by atoms with Crippen molar-refractivity contribution < 1.29 is 22.7 Å². The van der Waals surface area contributed by atoms with E-state index in [1.54, 1.807) is 6.92 Å². The van der Waals surface area contributed by atoms with Crippen LogP contribution < -0.4 is 5.32 Å². The molecule has 3 fully saturated rings. The standard InChI is InChI=1S/C21H39N5O5S/c1-2-31-21(28)24-14-16-25(17-15-24)32(29,30)26-12-7-8-19(18-26)20(27)22-9-13-23-10-5-3-4-6-11-23/h19H,2-18H2,1H3,(H,22,27). The summed E-state index contributed by atoms with van der Waals surface area (Å²) >= 11 is 0. The minimum atomic E-state index is -3.65. The monoisotopic (exact) mass is 473 g/mol. The maximum atomic E-state index is 13.1. The van der Waals surface area contributed by atoms with Gasteiger partial charge in [-0.2, -0.15) is 17.0 Å². The van der Waals surface area contributed by atoms with Crippen LogP contribution in [-0.2, 0) is 19.7 Å². The van der Waals surface area contributed by atoms with E-state index in [2.05, 4.69) is 10.2 Å². The molecule has 0 aromatic heterocycles. The van der Waals surface area contributed by atoms with Crippen molar-refractivity contribution in [2.45, 2.75) is 45.4 Å². The molecule has 1 atom stereocenters. The van der Waals surface area contributed by atoms with E-state index < -0.39 is 16.3 Å². The number of likely N-dealkylation sites (tertiary alicyclic amines) is 1. The minimum Gasteiger partial charge on any atom is -0.450 e. The van der Waals surface area contributed by atoms with Crippen LogP contribution in [0.3, 0.4) is 0 Å². The van der Waals surface area contributed by atoms with E-state index in [1.165, 1.54) is 39.2 Å². The largest absolute Gasteiger partial charge is 0.450 e. The highest BCUT2D eigenvalue weighted by molar-refractivity contribution is 7.86. The molecule has 3 saturated heterocycles. The predicted molar refractivity (Wildman–Crippen MR) is 121 cm³/mol. The molecule has 0 aromatic rings. The molecule has 0 radical (unpaired) electrons. The number of ether oxygens (including phenoxy) is 1. The van der Waals surface area contributed by atoms with Crippen LogP contribution in [0, 0.1) is 5.92 Å². The number of nitrogens with zero attached hydrogens (tertiary/aromatic N) is 4. The lowest BCUT2D eigenvalue weighted by Crippen LogP contribution is -2.56. The van der Waals surface area contributed by atoms with Crippen molar-refractivity contribution in [3.63, 3.8) is 0 Å². The molecule has 3 aliphatic rings. The van der Waals surface area contributed by atoms with Crippen LogP contribution in [0.25, 0.3) is 0 Å². The topological polar surface area (TPSA) is 102 Å². The van der Waals surface area contributed by atoms with Gasteiger partial charge in [0.05, 0.1) is 12.5 Å². The van der Waals surface area contributed by atoms with Crippen LogP contribution in [0.2, 0.25) is 0 Å². The molecule has 1 unspecified atom stereocenters. The molecule has 1 N–H and O–H groups in total. The van der Waals surface area contributed by atoms with Crippen LogP contribution >= 0.6 is 0 Å². The number of piperazine rings is 1. The molecule has 32 heavy (non-hydrogen) atoms. The Morgan fingerprint density at radius 2 is 1.59 bits per heavy atom. The highest BCUT2D eigenvalue weighted by Crippen LogP contribution is 2.22. The van der Waals surface area contributed by atoms with E-state index in [4.69, 9.17) is 4.74 Å². The first-order chi connectivity index (χ1) is 15.4. The summed E-state index contributed by atoms with van der Waals surface area (Å²) in [5, 5.41) is 3.03. The molecule has 3 rings (SSSR count). The molecule has 0 bridgehead atoms.